The Bertz CT molecular complexity index is 653. The topological polar surface area (TPSA) is 58.6 Å². The number of benzene rings is 2. The third-order valence-electron chi connectivity index (χ3n) is 3.41. The zero-order chi connectivity index (χ0) is 16.2. The third kappa shape index (κ3) is 3.78. The van der Waals surface area contributed by atoms with Gasteiger partial charge in [0, 0.05) is 5.02 Å². The number of hydrogen-bond acceptors (Lipinski definition) is 3. The molecule has 2 rings (SSSR count). The molecule has 0 heterocycles. The number of nitrogens with one attached hydrogen (secondary N) is 1. The van der Waals surface area contributed by atoms with E-state index in [0.717, 1.165) is 0 Å². The highest BCUT2D eigenvalue weighted by Gasteiger charge is 2.24. The monoisotopic (exact) mass is 319 g/mol. The van der Waals surface area contributed by atoms with E-state index in [0.29, 0.717) is 21.9 Å². The number of methoxy groups -OCH3 is 1. The van der Waals surface area contributed by atoms with Gasteiger partial charge < -0.3 is 15.2 Å². The minimum atomic E-state index is -1.19. The highest BCUT2D eigenvalue weighted by atomic mass is 35.5. The van der Waals surface area contributed by atoms with Gasteiger partial charge in [0.25, 0.3) is 5.91 Å². The molecular weight excluding hydrogens is 302 g/mol. The van der Waals surface area contributed by atoms with Gasteiger partial charge in [0.05, 0.1) is 19.2 Å². The molecule has 0 aliphatic heterocycles. The fourth-order valence-corrected chi connectivity index (χ4v) is 2.22. The lowest BCUT2D eigenvalue weighted by Crippen LogP contribution is -2.38. The van der Waals surface area contributed by atoms with Crippen LogP contribution in [0.25, 0.3) is 0 Å². The molecule has 0 aliphatic rings. The molecule has 0 saturated carbocycles. The number of carbonyl (C=O) groups excluding carboxylic acids is 1. The Balaban J connectivity index is 2.08. The Kier molecular flexibility index (Phi) is 5.06. The van der Waals surface area contributed by atoms with Crippen LogP contribution in [0.5, 0.6) is 5.75 Å². The van der Waals surface area contributed by atoms with Crippen LogP contribution >= 0.6 is 11.6 Å². The van der Waals surface area contributed by atoms with Gasteiger partial charge >= 0.3 is 0 Å². The van der Waals surface area contributed by atoms with Crippen molar-refractivity contribution < 1.29 is 14.6 Å². The molecular formula is C17H18ClNO3. The first-order valence-corrected chi connectivity index (χ1v) is 7.21. The van der Waals surface area contributed by atoms with Gasteiger partial charge in [0.2, 0.25) is 0 Å². The Morgan fingerprint density at radius 3 is 2.50 bits per heavy atom. The molecule has 0 radical (unpaired) electrons. The molecule has 0 bridgehead atoms. The van der Waals surface area contributed by atoms with Gasteiger partial charge in [0.15, 0.2) is 0 Å². The summed E-state index contributed by atoms with van der Waals surface area (Å²) in [6.07, 6.45) is 0. The lowest BCUT2D eigenvalue weighted by molar-refractivity contribution is 0.0525. The fourth-order valence-electron chi connectivity index (χ4n) is 2.09. The maximum absolute atomic E-state index is 12.2. The van der Waals surface area contributed by atoms with E-state index < -0.39 is 5.60 Å². The summed E-state index contributed by atoms with van der Waals surface area (Å²) in [5.41, 5.74) is -0.0865. The van der Waals surface area contributed by atoms with Crippen molar-refractivity contribution in [2.75, 3.05) is 13.7 Å². The quantitative estimate of drug-likeness (QED) is 0.890. The van der Waals surface area contributed by atoms with E-state index in [4.69, 9.17) is 16.3 Å². The van der Waals surface area contributed by atoms with Crippen molar-refractivity contribution in [3.8, 4) is 5.75 Å². The van der Waals surface area contributed by atoms with Gasteiger partial charge in [-0.3, -0.25) is 4.79 Å². The number of amides is 1. The molecule has 5 heteroatoms. The number of halogens is 1. The Labute approximate surface area is 134 Å². The van der Waals surface area contributed by atoms with Crippen molar-refractivity contribution in [3.05, 3.63) is 64.7 Å². The molecule has 0 fully saturated rings. The van der Waals surface area contributed by atoms with Crippen LogP contribution in [0.1, 0.15) is 22.8 Å². The zero-order valence-electron chi connectivity index (χ0n) is 12.5. The van der Waals surface area contributed by atoms with E-state index in [9.17, 15) is 9.90 Å². The van der Waals surface area contributed by atoms with Crippen LogP contribution < -0.4 is 10.1 Å². The van der Waals surface area contributed by atoms with E-state index in [1.54, 1.807) is 55.5 Å². The van der Waals surface area contributed by atoms with Crippen LogP contribution in [-0.4, -0.2) is 24.7 Å². The van der Waals surface area contributed by atoms with Crippen molar-refractivity contribution >= 4 is 17.5 Å². The molecule has 4 nitrogen and oxygen atoms in total. The number of ether oxygens (including phenoxy) is 1. The second-order valence-electron chi connectivity index (χ2n) is 5.16. The van der Waals surface area contributed by atoms with Gasteiger partial charge in [-0.25, -0.2) is 0 Å². The van der Waals surface area contributed by atoms with Gasteiger partial charge in [-0.15, -0.1) is 0 Å². The second kappa shape index (κ2) is 6.81. The lowest BCUT2D eigenvalue weighted by Gasteiger charge is -2.24. The zero-order valence-corrected chi connectivity index (χ0v) is 13.2. The summed E-state index contributed by atoms with van der Waals surface area (Å²) in [6.45, 7) is 1.71. The largest absolute Gasteiger partial charge is 0.496 e. The van der Waals surface area contributed by atoms with Crippen molar-refractivity contribution in [2.45, 2.75) is 12.5 Å². The number of para-hydroxylation sites is 1. The molecule has 2 aromatic carbocycles. The molecule has 0 spiro atoms. The van der Waals surface area contributed by atoms with Crippen LogP contribution in [0.4, 0.5) is 0 Å². The van der Waals surface area contributed by atoms with Gasteiger partial charge in [-0.05, 0) is 36.8 Å². The maximum atomic E-state index is 12.2. The number of aliphatic hydroxyl groups is 1. The molecule has 1 amide bonds. The van der Waals surface area contributed by atoms with Crippen molar-refractivity contribution in [2.24, 2.45) is 0 Å². The van der Waals surface area contributed by atoms with Gasteiger partial charge in [-0.2, -0.15) is 0 Å². The predicted octanol–water partition coefficient (Wildman–Crippen LogP) is 2.99. The number of carbonyl (C=O) groups is 1. The number of rotatable bonds is 5. The molecule has 2 aromatic rings. The second-order valence-corrected chi connectivity index (χ2v) is 5.60. The first-order valence-electron chi connectivity index (χ1n) is 6.83. The van der Waals surface area contributed by atoms with Crippen LogP contribution in [0.15, 0.2) is 48.5 Å². The average Bonchev–Trinajstić information content (AvgIpc) is 2.53. The van der Waals surface area contributed by atoms with Crippen LogP contribution in [0.2, 0.25) is 5.02 Å². The van der Waals surface area contributed by atoms with Crippen molar-refractivity contribution in [3.63, 3.8) is 0 Å². The summed E-state index contributed by atoms with van der Waals surface area (Å²) in [5, 5.41) is 13.8. The Hall–Kier alpha value is -2.04. The summed E-state index contributed by atoms with van der Waals surface area (Å²) in [6, 6.07) is 13.8. The van der Waals surface area contributed by atoms with E-state index in [1.807, 2.05) is 0 Å². The summed E-state index contributed by atoms with van der Waals surface area (Å²) < 4.78 is 5.16. The van der Waals surface area contributed by atoms with Crippen LogP contribution in [0, 0.1) is 0 Å². The maximum Gasteiger partial charge on any atom is 0.255 e. The van der Waals surface area contributed by atoms with E-state index >= 15 is 0 Å². The summed E-state index contributed by atoms with van der Waals surface area (Å²) in [7, 11) is 1.51. The summed E-state index contributed by atoms with van der Waals surface area (Å²) in [5.74, 6) is 0.192. The highest BCUT2D eigenvalue weighted by Crippen LogP contribution is 2.22. The standard InChI is InChI=1S/C17H18ClNO3/c1-17(21,12-7-9-13(18)10-8-12)11-19-16(20)14-5-3-4-6-15(14)22-2/h3-10,21H,11H2,1-2H3,(H,19,20). The van der Waals surface area contributed by atoms with Crippen molar-refractivity contribution in [1.82, 2.24) is 5.32 Å². The molecule has 0 saturated heterocycles. The molecule has 1 atom stereocenters. The minimum Gasteiger partial charge on any atom is -0.496 e. The number of hydrogen-bond donors (Lipinski definition) is 2. The molecule has 1 unspecified atom stereocenters. The Morgan fingerprint density at radius 2 is 1.86 bits per heavy atom. The van der Waals surface area contributed by atoms with Crippen LogP contribution in [0.3, 0.4) is 0 Å². The van der Waals surface area contributed by atoms with E-state index in [2.05, 4.69) is 5.32 Å². The summed E-state index contributed by atoms with van der Waals surface area (Å²) in [4.78, 5) is 12.2. The first-order chi connectivity index (χ1) is 10.4. The highest BCUT2D eigenvalue weighted by molar-refractivity contribution is 6.30. The van der Waals surface area contributed by atoms with Gasteiger partial charge in [-0.1, -0.05) is 35.9 Å². The van der Waals surface area contributed by atoms with E-state index in [1.165, 1.54) is 7.11 Å². The fraction of sp³-hybridized carbons (Fsp3) is 0.235. The smallest absolute Gasteiger partial charge is 0.255 e. The predicted molar refractivity (Wildman–Crippen MR) is 86.4 cm³/mol. The van der Waals surface area contributed by atoms with Gasteiger partial charge in [0.1, 0.15) is 11.4 Å². The van der Waals surface area contributed by atoms with Crippen molar-refractivity contribution in [1.29, 1.82) is 0 Å². The molecule has 2 N–H and O–H groups in total. The average molecular weight is 320 g/mol. The normalized spacial score (nSPS) is 13.3. The Morgan fingerprint density at radius 1 is 1.23 bits per heavy atom. The lowest BCUT2D eigenvalue weighted by atomic mass is 9.96. The summed E-state index contributed by atoms with van der Waals surface area (Å²) >= 11 is 5.84. The van der Waals surface area contributed by atoms with Crippen LogP contribution in [-0.2, 0) is 5.60 Å². The SMILES string of the molecule is COc1ccccc1C(=O)NCC(C)(O)c1ccc(Cl)cc1. The molecule has 0 aromatic heterocycles. The first kappa shape index (κ1) is 16.3. The molecule has 116 valence electrons. The minimum absolute atomic E-state index is 0.0749. The third-order valence-corrected chi connectivity index (χ3v) is 3.66. The van der Waals surface area contributed by atoms with E-state index in [-0.39, 0.29) is 12.5 Å². The molecule has 22 heavy (non-hydrogen) atoms. The molecule has 0 aliphatic carbocycles.